The summed E-state index contributed by atoms with van der Waals surface area (Å²) in [6.45, 7) is 4.95. The van der Waals surface area contributed by atoms with E-state index in [1.165, 1.54) is 18.9 Å². The van der Waals surface area contributed by atoms with Gasteiger partial charge in [-0.25, -0.2) is 0 Å². The summed E-state index contributed by atoms with van der Waals surface area (Å²) in [5.41, 5.74) is 0.317. The summed E-state index contributed by atoms with van der Waals surface area (Å²) in [4.78, 5) is 14.4. The van der Waals surface area contributed by atoms with Gasteiger partial charge in [-0.3, -0.25) is 9.69 Å². The Hall–Kier alpha value is -1.07. The van der Waals surface area contributed by atoms with E-state index in [4.69, 9.17) is 0 Å². The summed E-state index contributed by atoms with van der Waals surface area (Å²) in [5.74, 6) is -0.225. The zero-order chi connectivity index (χ0) is 13.8. The van der Waals surface area contributed by atoms with Gasteiger partial charge in [0.2, 0.25) is 0 Å². The number of halogens is 1. The maximum Gasteiger partial charge on any atom is 0.255 e. The third-order valence-corrected chi connectivity index (χ3v) is 4.02. The van der Waals surface area contributed by atoms with Crippen LogP contribution in [0.4, 0.5) is 0 Å². The van der Waals surface area contributed by atoms with Gasteiger partial charge in [-0.15, -0.1) is 0 Å². The van der Waals surface area contributed by atoms with E-state index in [0.717, 1.165) is 17.6 Å². The molecule has 0 saturated carbocycles. The fourth-order valence-corrected chi connectivity index (χ4v) is 2.69. The smallest absolute Gasteiger partial charge is 0.255 e. The van der Waals surface area contributed by atoms with E-state index >= 15 is 0 Å². The Labute approximate surface area is 121 Å². The summed E-state index contributed by atoms with van der Waals surface area (Å²) >= 11 is 3.25. The van der Waals surface area contributed by atoms with Crippen LogP contribution in [0.5, 0.6) is 5.75 Å². The van der Waals surface area contributed by atoms with Crippen LogP contribution in [0.1, 0.15) is 30.1 Å². The normalized spacial score (nSPS) is 17.4. The lowest BCUT2D eigenvalue weighted by Crippen LogP contribution is -2.40. The molecule has 0 radical (unpaired) electrons. The predicted molar refractivity (Wildman–Crippen MR) is 78.4 cm³/mol. The van der Waals surface area contributed by atoms with Crippen LogP contribution in [0.15, 0.2) is 22.7 Å². The van der Waals surface area contributed by atoms with Gasteiger partial charge >= 0.3 is 0 Å². The number of carbonyl (C=O) groups is 1. The van der Waals surface area contributed by atoms with Crippen molar-refractivity contribution in [1.82, 2.24) is 10.2 Å². The van der Waals surface area contributed by atoms with Gasteiger partial charge in [-0.2, -0.15) is 0 Å². The first-order valence-corrected chi connectivity index (χ1v) is 7.38. The van der Waals surface area contributed by atoms with Gasteiger partial charge in [0.05, 0.1) is 5.56 Å². The molecular formula is C14H19BrN2O2. The van der Waals surface area contributed by atoms with Crippen molar-refractivity contribution < 1.29 is 9.90 Å². The van der Waals surface area contributed by atoms with E-state index in [2.05, 4.69) is 33.1 Å². The molecule has 2 rings (SSSR count). The van der Waals surface area contributed by atoms with Crippen molar-refractivity contribution in [1.29, 1.82) is 0 Å². The Morgan fingerprint density at radius 3 is 2.79 bits per heavy atom. The minimum Gasteiger partial charge on any atom is -0.507 e. The van der Waals surface area contributed by atoms with Gasteiger partial charge in [0.15, 0.2) is 0 Å². The van der Waals surface area contributed by atoms with Gasteiger partial charge in [-0.1, -0.05) is 15.9 Å². The molecule has 104 valence electrons. The maximum atomic E-state index is 12.0. The van der Waals surface area contributed by atoms with Crippen LogP contribution in [-0.2, 0) is 0 Å². The highest BCUT2D eigenvalue weighted by molar-refractivity contribution is 9.10. The molecule has 1 atom stereocenters. The Kier molecular flexibility index (Phi) is 4.82. The van der Waals surface area contributed by atoms with Gasteiger partial charge < -0.3 is 10.4 Å². The highest BCUT2D eigenvalue weighted by atomic mass is 79.9. The Morgan fingerprint density at radius 1 is 1.47 bits per heavy atom. The molecular weight excluding hydrogens is 308 g/mol. The predicted octanol–water partition coefficient (Wildman–Crippen LogP) is 2.37. The summed E-state index contributed by atoms with van der Waals surface area (Å²) in [5, 5.41) is 12.6. The summed E-state index contributed by atoms with van der Waals surface area (Å²) < 4.78 is 0.756. The molecule has 1 fully saturated rings. The number of rotatable bonds is 4. The van der Waals surface area contributed by atoms with E-state index in [-0.39, 0.29) is 11.7 Å². The number of amides is 1. The SMILES string of the molecule is CC(CNC(=O)c1ccc(Br)cc1O)N1CCCC1. The largest absolute Gasteiger partial charge is 0.507 e. The monoisotopic (exact) mass is 326 g/mol. The van der Waals surface area contributed by atoms with Gasteiger partial charge in [0.25, 0.3) is 5.91 Å². The molecule has 0 aromatic heterocycles. The lowest BCUT2D eigenvalue weighted by molar-refractivity contribution is 0.0937. The molecule has 1 aliphatic heterocycles. The number of carbonyl (C=O) groups excluding carboxylic acids is 1. The molecule has 0 aliphatic carbocycles. The topological polar surface area (TPSA) is 52.6 Å². The van der Waals surface area contributed by atoms with Crippen LogP contribution in [0.3, 0.4) is 0 Å². The second-order valence-corrected chi connectivity index (χ2v) is 5.88. The van der Waals surface area contributed by atoms with Crippen LogP contribution in [0.2, 0.25) is 0 Å². The lowest BCUT2D eigenvalue weighted by Gasteiger charge is -2.23. The quantitative estimate of drug-likeness (QED) is 0.893. The van der Waals surface area contributed by atoms with Crippen LogP contribution in [-0.4, -0.2) is 41.6 Å². The van der Waals surface area contributed by atoms with E-state index in [0.29, 0.717) is 18.2 Å². The number of hydrogen-bond acceptors (Lipinski definition) is 3. The summed E-state index contributed by atoms with van der Waals surface area (Å²) in [6, 6.07) is 5.23. The average molecular weight is 327 g/mol. The standard InChI is InChI=1S/C14H19BrN2O2/c1-10(17-6-2-3-7-17)9-16-14(19)12-5-4-11(15)8-13(12)18/h4-5,8,10,18H,2-3,6-7,9H2,1H3,(H,16,19). The van der Waals surface area contributed by atoms with Gasteiger partial charge in [0, 0.05) is 17.1 Å². The molecule has 1 saturated heterocycles. The molecule has 0 bridgehead atoms. The zero-order valence-corrected chi connectivity index (χ0v) is 12.6. The number of phenolic OH excluding ortho intramolecular Hbond substituents is 1. The molecule has 4 nitrogen and oxygen atoms in total. The molecule has 1 heterocycles. The third-order valence-electron chi connectivity index (χ3n) is 3.53. The number of likely N-dealkylation sites (tertiary alicyclic amines) is 1. The van der Waals surface area contributed by atoms with Crippen molar-refractivity contribution in [2.24, 2.45) is 0 Å². The zero-order valence-electron chi connectivity index (χ0n) is 11.0. The number of aromatic hydroxyl groups is 1. The van der Waals surface area contributed by atoms with Crippen molar-refractivity contribution in [3.8, 4) is 5.75 Å². The summed E-state index contributed by atoms with van der Waals surface area (Å²) in [6.07, 6.45) is 2.48. The molecule has 1 aliphatic rings. The van der Waals surface area contributed by atoms with Crippen LogP contribution < -0.4 is 5.32 Å². The first kappa shape index (κ1) is 14.3. The van der Waals surface area contributed by atoms with Gasteiger partial charge in [-0.05, 0) is 51.1 Å². The molecule has 1 aromatic carbocycles. The van der Waals surface area contributed by atoms with Crippen LogP contribution in [0, 0.1) is 0 Å². The Balaban J connectivity index is 1.90. The second kappa shape index (κ2) is 6.39. The number of nitrogens with one attached hydrogen (secondary N) is 1. The first-order valence-electron chi connectivity index (χ1n) is 6.58. The number of phenols is 1. The van der Waals surface area contributed by atoms with Crippen molar-refractivity contribution in [3.63, 3.8) is 0 Å². The summed E-state index contributed by atoms with van der Waals surface area (Å²) in [7, 11) is 0. The third kappa shape index (κ3) is 3.70. The minimum atomic E-state index is -0.226. The molecule has 1 aromatic rings. The molecule has 0 spiro atoms. The van der Waals surface area contributed by atoms with E-state index in [1.54, 1.807) is 12.1 Å². The second-order valence-electron chi connectivity index (χ2n) is 4.96. The number of benzene rings is 1. The number of nitrogens with zero attached hydrogens (tertiary/aromatic N) is 1. The van der Waals surface area contributed by atoms with Crippen molar-refractivity contribution in [3.05, 3.63) is 28.2 Å². The fourth-order valence-electron chi connectivity index (χ4n) is 2.34. The van der Waals surface area contributed by atoms with E-state index < -0.39 is 0 Å². The van der Waals surface area contributed by atoms with Crippen LogP contribution >= 0.6 is 15.9 Å². The molecule has 5 heteroatoms. The molecule has 1 amide bonds. The first-order chi connectivity index (χ1) is 9.08. The molecule has 1 unspecified atom stereocenters. The van der Waals surface area contributed by atoms with Gasteiger partial charge in [0.1, 0.15) is 5.75 Å². The van der Waals surface area contributed by atoms with Crippen molar-refractivity contribution in [2.75, 3.05) is 19.6 Å². The Morgan fingerprint density at radius 2 is 2.16 bits per heavy atom. The van der Waals surface area contributed by atoms with E-state index in [9.17, 15) is 9.90 Å². The van der Waals surface area contributed by atoms with Crippen LogP contribution in [0.25, 0.3) is 0 Å². The Bertz CT molecular complexity index is 459. The van der Waals surface area contributed by atoms with Crippen molar-refractivity contribution in [2.45, 2.75) is 25.8 Å². The average Bonchev–Trinajstić information content (AvgIpc) is 2.89. The minimum absolute atomic E-state index is 0.000649. The molecule has 2 N–H and O–H groups in total. The van der Waals surface area contributed by atoms with E-state index in [1.807, 2.05) is 0 Å². The molecule has 19 heavy (non-hydrogen) atoms. The lowest BCUT2D eigenvalue weighted by atomic mass is 10.2. The maximum absolute atomic E-state index is 12.0. The number of hydrogen-bond donors (Lipinski definition) is 2. The van der Waals surface area contributed by atoms with Crippen molar-refractivity contribution >= 4 is 21.8 Å². The highest BCUT2D eigenvalue weighted by Gasteiger charge is 2.19. The fraction of sp³-hybridized carbons (Fsp3) is 0.500. The highest BCUT2D eigenvalue weighted by Crippen LogP contribution is 2.22.